The van der Waals surface area contributed by atoms with Crippen molar-refractivity contribution in [2.45, 2.75) is 0 Å². The zero-order valence-electron chi connectivity index (χ0n) is 6.83. The van der Waals surface area contributed by atoms with Crippen LogP contribution in [0.1, 0.15) is 10.4 Å². The second kappa shape index (κ2) is 4.79. The summed E-state index contributed by atoms with van der Waals surface area (Å²) in [6, 6.07) is 3.02. The first-order valence-corrected chi connectivity index (χ1v) is 4.12. The number of pyridine rings is 1. The SMILES string of the molecule is O=C(NCCO)c1ccnc(Cl)c1. The maximum atomic E-state index is 11.2. The first-order valence-electron chi connectivity index (χ1n) is 3.74. The number of carbonyl (C=O) groups excluding carboxylic acids is 1. The second-order valence-corrected chi connectivity index (χ2v) is 2.73. The zero-order chi connectivity index (χ0) is 9.68. The molecule has 13 heavy (non-hydrogen) atoms. The van der Waals surface area contributed by atoms with E-state index < -0.39 is 0 Å². The van der Waals surface area contributed by atoms with Gasteiger partial charge < -0.3 is 10.4 Å². The van der Waals surface area contributed by atoms with E-state index in [2.05, 4.69) is 10.3 Å². The van der Waals surface area contributed by atoms with E-state index in [1.54, 1.807) is 6.07 Å². The molecule has 0 aliphatic rings. The summed E-state index contributed by atoms with van der Waals surface area (Å²) >= 11 is 5.58. The minimum atomic E-state index is -0.265. The van der Waals surface area contributed by atoms with E-state index in [9.17, 15) is 4.79 Å². The van der Waals surface area contributed by atoms with Crippen LogP contribution in [0.4, 0.5) is 0 Å². The molecule has 0 saturated carbocycles. The predicted molar refractivity (Wildman–Crippen MR) is 48.7 cm³/mol. The number of carbonyl (C=O) groups is 1. The van der Waals surface area contributed by atoms with Gasteiger partial charge in [0.1, 0.15) is 5.15 Å². The third kappa shape index (κ3) is 3.01. The molecule has 1 amide bonds. The van der Waals surface area contributed by atoms with Gasteiger partial charge in [0.15, 0.2) is 0 Å². The van der Waals surface area contributed by atoms with Crippen LogP contribution in [0.25, 0.3) is 0 Å². The number of aromatic nitrogens is 1. The Morgan fingerprint density at radius 2 is 2.46 bits per heavy atom. The lowest BCUT2D eigenvalue weighted by Crippen LogP contribution is -2.26. The summed E-state index contributed by atoms with van der Waals surface area (Å²) in [7, 11) is 0. The van der Waals surface area contributed by atoms with Crippen molar-refractivity contribution in [2.24, 2.45) is 0 Å². The fourth-order valence-corrected chi connectivity index (χ4v) is 0.989. The van der Waals surface area contributed by atoms with Gasteiger partial charge in [0.25, 0.3) is 5.91 Å². The molecule has 0 fully saturated rings. The Bertz CT molecular complexity index is 304. The molecule has 5 heteroatoms. The Hall–Kier alpha value is -1.13. The minimum Gasteiger partial charge on any atom is -0.395 e. The highest BCUT2D eigenvalue weighted by Crippen LogP contribution is 2.06. The summed E-state index contributed by atoms with van der Waals surface area (Å²) in [5, 5.41) is 11.2. The van der Waals surface area contributed by atoms with Crippen LogP contribution in [-0.2, 0) is 0 Å². The first-order chi connectivity index (χ1) is 6.24. The van der Waals surface area contributed by atoms with Gasteiger partial charge in [-0.15, -0.1) is 0 Å². The van der Waals surface area contributed by atoms with Crippen LogP contribution in [0.15, 0.2) is 18.3 Å². The number of aliphatic hydroxyl groups excluding tert-OH is 1. The highest BCUT2D eigenvalue weighted by Gasteiger charge is 2.04. The summed E-state index contributed by atoms with van der Waals surface area (Å²) in [6.45, 7) is 0.156. The van der Waals surface area contributed by atoms with Gasteiger partial charge in [-0.2, -0.15) is 0 Å². The number of rotatable bonds is 3. The van der Waals surface area contributed by atoms with Crippen molar-refractivity contribution in [3.05, 3.63) is 29.0 Å². The number of hydrogen-bond acceptors (Lipinski definition) is 3. The number of aliphatic hydroxyl groups is 1. The Morgan fingerprint density at radius 3 is 3.08 bits per heavy atom. The molecule has 1 rings (SSSR count). The van der Waals surface area contributed by atoms with E-state index in [4.69, 9.17) is 16.7 Å². The van der Waals surface area contributed by atoms with Gasteiger partial charge in [-0.05, 0) is 12.1 Å². The molecule has 0 radical (unpaired) electrons. The topological polar surface area (TPSA) is 62.2 Å². The largest absolute Gasteiger partial charge is 0.395 e. The average molecular weight is 201 g/mol. The predicted octanol–water partition coefficient (Wildman–Crippen LogP) is 0.457. The van der Waals surface area contributed by atoms with Crippen molar-refractivity contribution in [1.29, 1.82) is 0 Å². The normalized spacial score (nSPS) is 9.69. The Labute approximate surface area is 80.6 Å². The van der Waals surface area contributed by atoms with Gasteiger partial charge in [-0.1, -0.05) is 11.6 Å². The van der Waals surface area contributed by atoms with E-state index in [1.807, 2.05) is 0 Å². The quantitative estimate of drug-likeness (QED) is 0.697. The number of nitrogens with zero attached hydrogens (tertiary/aromatic N) is 1. The fourth-order valence-electron chi connectivity index (χ4n) is 0.815. The van der Waals surface area contributed by atoms with E-state index >= 15 is 0 Å². The standard InChI is InChI=1S/C8H9ClN2O2/c9-7-5-6(1-2-10-7)8(13)11-3-4-12/h1-2,5,12H,3-4H2,(H,11,13). The monoisotopic (exact) mass is 200 g/mol. The molecule has 1 aromatic rings. The molecule has 0 spiro atoms. The van der Waals surface area contributed by atoms with Crippen molar-refractivity contribution in [3.63, 3.8) is 0 Å². The molecule has 0 atom stereocenters. The lowest BCUT2D eigenvalue weighted by Gasteiger charge is -2.02. The van der Waals surface area contributed by atoms with Crippen LogP contribution in [0.2, 0.25) is 5.15 Å². The summed E-state index contributed by atoms with van der Waals surface area (Å²) in [5.41, 5.74) is 0.438. The second-order valence-electron chi connectivity index (χ2n) is 2.35. The Balaban J connectivity index is 2.66. The molecule has 1 heterocycles. The average Bonchev–Trinajstić information content (AvgIpc) is 2.14. The van der Waals surface area contributed by atoms with Crippen LogP contribution < -0.4 is 5.32 Å². The van der Waals surface area contributed by atoms with Crippen molar-refractivity contribution in [2.75, 3.05) is 13.2 Å². The Morgan fingerprint density at radius 1 is 1.69 bits per heavy atom. The van der Waals surface area contributed by atoms with Gasteiger partial charge in [-0.3, -0.25) is 4.79 Å². The van der Waals surface area contributed by atoms with Gasteiger partial charge in [-0.25, -0.2) is 4.98 Å². The van der Waals surface area contributed by atoms with E-state index in [0.29, 0.717) is 5.56 Å². The molecule has 1 aromatic heterocycles. The Kier molecular flexibility index (Phi) is 3.67. The van der Waals surface area contributed by atoms with E-state index in [1.165, 1.54) is 12.3 Å². The molecular weight excluding hydrogens is 192 g/mol. The molecule has 0 aliphatic heterocycles. The summed E-state index contributed by atoms with van der Waals surface area (Å²) in [5.74, 6) is -0.265. The smallest absolute Gasteiger partial charge is 0.251 e. The summed E-state index contributed by atoms with van der Waals surface area (Å²) in [6.07, 6.45) is 1.45. The van der Waals surface area contributed by atoms with E-state index in [0.717, 1.165) is 0 Å². The summed E-state index contributed by atoms with van der Waals surface area (Å²) in [4.78, 5) is 15.0. The molecule has 0 aliphatic carbocycles. The highest BCUT2D eigenvalue weighted by atomic mass is 35.5. The first kappa shape index (κ1) is 9.95. The van der Waals surface area contributed by atoms with Gasteiger partial charge in [0.2, 0.25) is 0 Å². The lowest BCUT2D eigenvalue weighted by atomic mass is 10.2. The van der Waals surface area contributed by atoms with Crippen LogP contribution in [0, 0.1) is 0 Å². The van der Waals surface area contributed by atoms with Crippen LogP contribution >= 0.6 is 11.6 Å². The van der Waals surface area contributed by atoms with Gasteiger partial charge >= 0.3 is 0 Å². The van der Waals surface area contributed by atoms with Crippen molar-refractivity contribution >= 4 is 17.5 Å². The molecule has 0 saturated heterocycles. The third-order valence-corrected chi connectivity index (χ3v) is 1.59. The number of halogens is 1. The molecule has 4 nitrogen and oxygen atoms in total. The van der Waals surface area contributed by atoms with Gasteiger partial charge in [0, 0.05) is 18.3 Å². The maximum Gasteiger partial charge on any atom is 0.251 e. The number of amides is 1. The van der Waals surface area contributed by atoms with Crippen LogP contribution in [-0.4, -0.2) is 29.1 Å². The fraction of sp³-hybridized carbons (Fsp3) is 0.250. The maximum absolute atomic E-state index is 11.2. The minimum absolute atomic E-state index is 0.0788. The number of hydrogen-bond donors (Lipinski definition) is 2. The molecule has 0 aromatic carbocycles. The number of nitrogens with one attached hydrogen (secondary N) is 1. The zero-order valence-corrected chi connectivity index (χ0v) is 7.58. The molecule has 0 bridgehead atoms. The van der Waals surface area contributed by atoms with Crippen molar-refractivity contribution in [1.82, 2.24) is 10.3 Å². The van der Waals surface area contributed by atoms with Crippen LogP contribution in [0.5, 0.6) is 0 Å². The van der Waals surface area contributed by atoms with Crippen LogP contribution in [0.3, 0.4) is 0 Å². The van der Waals surface area contributed by atoms with E-state index in [-0.39, 0.29) is 24.2 Å². The molecular formula is C8H9ClN2O2. The highest BCUT2D eigenvalue weighted by molar-refractivity contribution is 6.29. The molecule has 2 N–H and O–H groups in total. The van der Waals surface area contributed by atoms with Gasteiger partial charge in [0.05, 0.1) is 6.61 Å². The lowest BCUT2D eigenvalue weighted by molar-refractivity contribution is 0.0944. The molecule has 0 unspecified atom stereocenters. The summed E-state index contributed by atoms with van der Waals surface area (Å²) < 4.78 is 0. The van der Waals surface area contributed by atoms with Crippen molar-refractivity contribution in [3.8, 4) is 0 Å². The van der Waals surface area contributed by atoms with Crippen molar-refractivity contribution < 1.29 is 9.90 Å². The molecule has 70 valence electrons. The third-order valence-electron chi connectivity index (χ3n) is 1.39.